The maximum atomic E-state index is 12.3. The third-order valence-electron chi connectivity index (χ3n) is 3.13. The van der Waals surface area contributed by atoms with Gasteiger partial charge in [-0.05, 0) is 38.2 Å². The predicted molar refractivity (Wildman–Crippen MR) is 82.8 cm³/mol. The molecule has 0 saturated carbocycles. The fourth-order valence-electron chi connectivity index (χ4n) is 1.92. The Balaban J connectivity index is 2.63. The molecule has 5 nitrogen and oxygen atoms in total. The average Bonchev–Trinajstić information content (AvgIpc) is 2.37. The Kier molecular flexibility index (Phi) is 6.61. The van der Waals surface area contributed by atoms with Crippen LogP contribution in [0.25, 0.3) is 0 Å². The zero-order chi connectivity index (χ0) is 15.2. The van der Waals surface area contributed by atoms with Crippen molar-refractivity contribution in [1.29, 1.82) is 0 Å². The summed E-state index contributed by atoms with van der Waals surface area (Å²) in [4.78, 5) is 2.05. The first-order chi connectivity index (χ1) is 9.35. The number of benzene rings is 1. The van der Waals surface area contributed by atoms with Gasteiger partial charge in [-0.3, -0.25) is 0 Å². The Morgan fingerprint density at radius 1 is 1.10 bits per heavy atom. The molecule has 20 heavy (non-hydrogen) atoms. The van der Waals surface area contributed by atoms with E-state index in [4.69, 9.17) is 5.73 Å². The quantitative estimate of drug-likeness (QED) is 0.773. The summed E-state index contributed by atoms with van der Waals surface area (Å²) >= 11 is 0. The maximum Gasteiger partial charge on any atom is 0.218 e. The van der Waals surface area contributed by atoms with Gasteiger partial charge in [0.15, 0.2) is 0 Å². The van der Waals surface area contributed by atoms with Gasteiger partial charge in [-0.15, -0.1) is 0 Å². The lowest BCUT2D eigenvalue weighted by Gasteiger charge is -2.18. The van der Waals surface area contributed by atoms with Crippen LogP contribution in [0, 0.1) is 0 Å². The molecule has 2 N–H and O–H groups in total. The molecule has 0 spiro atoms. The third kappa shape index (κ3) is 5.58. The minimum Gasteiger partial charge on any atom is -0.326 e. The maximum absolute atomic E-state index is 12.3. The molecule has 0 saturated heterocycles. The first kappa shape index (κ1) is 17.1. The van der Waals surface area contributed by atoms with Gasteiger partial charge in [0.2, 0.25) is 10.0 Å². The Morgan fingerprint density at radius 3 is 2.35 bits per heavy atom. The van der Waals surface area contributed by atoms with E-state index in [1.54, 1.807) is 7.05 Å². The fraction of sp³-hybridized carbons (Fsp3) is 0.571. The van der Waals surface area contributed by atoms with Gasteiger partial charge >= 0.3 is 0 Å². The van der Waals surface area contributed by atoms with Crippen molar-refractivity contribution in [3.63, 3.8) is 0 Å². The van der Waals surface area contributed by atoms with E-state index >= 15 is 0 Å². The normalized spacial score (nSPS) is 12.3. The van der Waals surface area contributed by atoms with Gasteiger partial charge in [0.1, 0.15) is 0 Å². The number of sulfonamides is 1. The van der Waals surface area contributed by atoms with Gasteiger partial charge in [-0.1, -0.05) is 24.3 Å². The molecule has 0 atom stereocenters. The molecule has 0 heterocycles. The van der Waals surface area contributed by atoms with Crippen LogP contribution in [0.1, 0.15) is 17.5 Å². The van der Waals surface area contributed by atoms with Crippen LogP contribution >= 0.6 is 0 Å². The number of hydrogen-bond acceptors (Lipinski definition) is 4. The molecule has 0 radical (unpaired) electrons. The van der Waals surface area contributed by atoms with E-state index in [9.17, 15) is 8.42 Å². The van der Waals surface area contributed by atoms with Crippen LogP contribution in [-0.4, -0.2) is 51.9 Å². The highest BCUT2D eigenvalue weighted by Crippen LogP contribution is 2.12. The number of hydrogen-bond donors (Lipinski definition) is 1. The highest BCUT2D eigenvalue weighted by molar-refractivity contribution is 7.88. The molecule has 0 aliphatic carbocycles. The molecule has 0 amide bonds. The van der Waals surface area contributed by atoms with Crippen LogP contribution in [0.3, 0.4) is 0 Å². The molecule has 1 aromatic rings. The van der Waals surface area contributed by atoms with Gasteiger partial charge in [-0.2, -0.15) is 0 Å². The molecule has 114 valence electrons. The zero-order valence-corrected chi connectivity index (χ0v) is 13.4. The summed E-state index contributed by atoms with van der Waals surface area (Å²) in [6.07, 6.45) is 0.825. The third-order valence-corrected chi connectivity index (χ3v) is 4.96. The SMILES string of the molecule is CN(C)CCCN(C)S(=O)(=O)Cc1cccc(CN)c1. The van der Waals surface area contributed by atoms with Crippen molar-refractivity contribution in [2.24, 2.45) is 5.73 Å². The van der Waals surface area contributed by atoms with E-state index in [-0.39, 0.29) is 5.75 Å². The van der Waals surface area contributed by atoms with Crippen LogP contribution in [0.15, 0.2) is 24.3 Å². The average molecular weight is 299 g/mol. The number of nitrogens with two attached hydrogens (primary N) is 1. The minimum atomic E-state index is -3.26. The van der Waals surface area contributed by atoms with Gasteiger partial charge in [-0.25, -0.2) is 12.7 Å². The van der Waals surface area contributed by atoms with Crippen molar-refractivity contribution >= 4 is 10.0 Å². The van der Waals surface area contributed by atoms with E-state index in [0.29, 0.717) is 13.1 Å². The Bertz CT molecular complexity index is 515. The van der Waals surface area contributed by atoms with Crippen molar-refractivity contribution in [3.8, 4) is 0 Å². The lowest BCUT2D eigenvalue weighted by molar-refractivity contribution is 0.370. The summed E-state index contributed by atoms with van der Waals surface area (Å²) in [5.41, 5.74) is 7.31. The summed E-state index contributed by atoms with van der Waals surface area (Å²) in [7, 11) is 2.33. The molecule has 0 aliphatic rings. The van der Waals surface area contributed by atoms with Crippen molar-refractivity contribution in [2.45, 2.75) is 18.7 Å². The largest absolute Gasteiger partial charge is 0.326 e. The van der Waals surface area contributed by atoms with Crippen molar-refractivity contribution in [3.05, 3.63) is 35.4 Å². The van der Waals surface area contributed by atoms with Gasteiger partial charge in [0.05, 0.1) is 5.75 Å². The lowest BCUT2D eigenvalue weighted by atomic mass is 10.1. The molecular formula is C14H25N3O2S. The minimum absolute atomic E-state index is 0.0271. The second kappa shape index (κ2) is 7.73. The van der Waals surface area contributed by atoms with E-state index < -0.39 is 10.0 Å². The topological polar surface area (TPSA) is 66.6 Å². The van der Waals surface area contributed by atoms with Crippen LogP contribution in [0.4, 0.5) is 0 Å². The van der Waals surface area contributed by atoms with E-state index in [1.807, 2.05) is 43.3 Å². The summed E-state index contributed by atoms with van der Waals surface area (Å²) in [6, 6.07) is 7.42. The molecule has 0 aromatic heterocycles. The van der Waals surface area contributed by atoms with E-state index in [2.05, 4.69) is 0 Å². The molecule has 0 bridgehead atoms. The summed E-state index contributed by atoms with van der Waals surface area (Å²) in [5.74, 6) is 0.0271. The van der Waals surface area contributed by atoms with Gasteiger partial charge < -0.3 is 10.6 Å². The highest BCUT2D eigenvalue weighted by Gasteiger charge is 2.18. The van der Waals surface area contributed by atoms with Gasteiger partial charge in [0.25, 0.3) is 0 Å². The van der Waals surface area contributed by atoms with E-state index in [0.717, 1.165) is 24.1 Å². The Labute approximate surface area is 122 Å². The molecule has 0 fully saturated rings. The summed E-state index contributed by atoms with van der Waals surface area (Å²) in [6.45, 7) is 1.84. The van der Waals surface area contributed by atoms with Crippen LogP contribution in [0.5, 0.6) is 0 Å². The van der Waals surface area contributed by atoms with Crippen molar-refractivity contribution < 1.29 is 8.42 Å². The Hall–Kier alpha value is -0.950. The highest BCUT2D eigenvalue weighted by atomic mass is 32.2. The predicted octanol–water partition coefficient (Wildman–Crippen LogP) is 0.859. The van der Waals surface area contributed by atoms with Crippen molar-refractivity contribution in [1.82, 2.24) is 9.21 Å². The standard InChI is InChI=1S/C14H25N3O2S/c1-16(2)8-5-9-17(3)20(18,19)12-14-7-4-6-13(10-14)11-15/h4,6-7,10H,5,8-9,11-12,15H2,1-3H3. The first-order valence-electron chi connectivity index (χ1n) is 6.72. The van der Waals surface area contributed by atoms with Crippen LogP contribution in [0.2, 0.25) is 0 Å². The molecule has 0 unspecified atom stereocenters. The summed E-state index contributed by atoms with van der Waals surface area (Å²) < 4.78 is 25.9. The molecular weight excluding hydrogens is 274 g/mol. The zero-order valence-electron chi connectivity index (χ0n) is 12.5. The van der Waals surface area contributed by atoms with Crippen LogP contribution < -0.4 is 5.73 Å². The fourth-order valence-corrected chi connectivity index (χ4v) is 3.14. The second-order valence-electron chi connectivity index (χ2n) is 5.26. The van der Waals surface area contributed by atoms with Crippen molar-refractivity contribution in [2.75, 3.05) is 34.2 Å². The molecule has 6 heteroatoms. The van der Waals surface area contributed by atoms with E-state index in [1.165, 1.54) is 4.31 Å². The first-order valence-corrected chi connectivity index (χ1v) is 8.32. The smallest absolute Gasteiger partial charge is 0.218 e. The number of rotatable bonds is 8. The monoisotopic (exact) mass is 299 g/mol. The molecule has 1 aromatic carbocycles. The number of nitrogens with zero attached hydrogens (tertiary/aromatic N) is 2. The van der Waals surface area contributed by atoms with Gasteiger partial charge in [0, 0.05) is 20.1 Å². The summed E-state index contributed by atoms with van der Waals surface area (Å²) in [5, 5.41) is 0. The van der Waals surface area contributed by atoms with Crippen LogP contribution in [-0.2, 0) is 22.3 Å². The molecule has 0 aliphatic heterocycles. The molecule has 1 rings (SSSR count). The Morgan fingerprint density at radius 2 is 1.75 bits per heavy atom. The second-order valence-corrected chi connectivity index (χ2v) is 7.33. The lowest BCUT2D eigenvalue weighted by Crippen LogP contribution is -2.30.